The lowest BCUT2D eigenvalue weighted by Gasteiger charge is -2.24. The number of aliphatic hydroxyl groups is 2. The summed E-state index contributed by atoms with van der Waals surface area (Å²) in [5, 5.41) is 23.8. The molecule has 0 aromatic carbocycles. The second-order valence-electron chi connectivity index (χ2n) is 19.4. The van der Waals surface area contributed by atoms with Gasteiger partial charge >= 0.3 is 5.97 Å². The first kappa shape index (κ1) is 63.6. The van der Waals surface area contributed by atoms with Gasteiger partial charge in [-0.1, -0.05) is 255 Å². The van der Waals surface area contributed by atoms with Gasteiger partial charge in [0, 0.05) is 6.42 Å². The maximum Gasteiger partial charge on any atom is 0.306 e. The van der Waals surface area contributed by atoms with Gasteiger partial charge in [-0.05, 0) is 77.0 Å². The fourth-order valence-corrected chi connectivity index (χ4v) is 8.54. The molecule has 0 radical (unpaired) electrons. The van der Waals surface area contributed by atoms with Crippen LogP contribution in [0.15, 0.2) is 60.8 Å². The van der Waals surface area contributed by atoms with Crippen molar-refractivity contribution in [1.82, 2.24) is 5.32 Å². The second kappa shape index (κ2) is 53.5. The molecule has 0 saturated carbocycles. The maximum absolute atomic E-state index is 13.3. The normalized spacial score (nSPS) is 13.6. The standard InChI is InChI=1S/C60H109NO5/c1-4-7-10-13-16-19-22-25-27-29-30-32-35-38-41-44-47-50-53-60(65)66-56(51-48-45-42-39-36-34-31-28-26-23-20-17-14-11-8-5-2)54-59(64)61-57(55-62)58(63)52-49-46-43-40-37-33-24-21-18-15-12-9-6-3/h22,25,27-32,34,36,56-58,62-63H,4-21,23-24,26,33,35,37-55H2,1-3H3,(H,61,64)/b25-22+,29-27+,31-28+,32-30+,36-34+. The minimum absolute atomic E-state index is 0.0508. The fraction of sp³-hybridized carbons (Fsp3) is 0.800. The van der Waals surface area contributed by atoms with E-state index in [9.17, 15) is 19.8 Å². The summed E-state index contributed by atoms with van der Waals surface area (Å²) in [7, 11) is 0. The van der Waals surface area contributed by atoms with Gasteiger partial charge in [0.05, 0.1) is 25.2 Å². The summed E-state index contributed by atoms with van der Waals surface area (Å²) in [4.78, 5) is 26.3. The van der Waals surface area contributed by atoms with Crippen molar-refractivity contribution in [2.45, 2.75) is 302 Å². The van der Waals surface area contributed by atoms with Crippen LogP contribution in [0.5, 0.6) is 0 Å². The van der Waals surface area contributed by atoms with Crippen LogP contribution in [-0.2, 0) is 14.3 Å². The zero-order chi connectivity index (χ0) is 48.1. The number of rotatable bonds is 51. The summed E-state index contributed by atoms with van der Waals surface area (Å²) in [5.74, 6) is -0.517. The Balaban J connectivity index is 4.66. The number of unbranched alkanes of at least 4 members (excludes halogenated alkanes) is 32. The Hall–Kier alpha value is -2.44. The Morgan fingerprint density at radius 2 is 0.773 bits per heavy atom. The monoisotopic (exact) mass is 924 g/mol. The van der Waals surface area contributed by atoms with Crippen LogP contribution in [0.4, 0.5) is 0 Å². The van der Waals surface area contributed by atoms with Gasteiger partial charge in [0.1, 0.15) is 6.10 Å². The molecule has 0 fully saturated rings. The van der Waals surface area contributed by atoms with Gasteiger partial charge in [0.15, 0.2) is 0 Å². The van der Waals surface area contributed by atoms with Crippen molar-refractivity contribution in [2.24, 2.45) is 0 Å². The molecule has 0 aliphatic rings. The van der Waals surface area contributed by atoms with Crippen LogP contribution in [0.3, 0.4) is 0 Å². The third-order valence-electron chi connectivity index (χ3n) is 12.9. The topological polar surface area (TPSA) is 95.9 Å². The van der Waals surface area contributed by atoms with E-state index in [1.54, 1.807) is 0 Å². The van der Waals surface area contributed by atoms with Gasteiger partial charge in [0.2, 0.25) is 5.91 Å². The van der Waals surface area contributed by atoms with Crippen LogP contribution >= 0.6 is 0 Å². The van der Waals surface area contributed by atoms with Gasteiger partial charge in [-0.15, -0.1) is 0 Å². The van der Waals surface area contributed by atoms with Gasteiger partial charge in [-0.3, -0.25) is 9.59 Å². The number of amides is 1. The second-order valence-corrected chi connectivity index (χ2v) is 19.4. The first-order valence-corrected chi connectivity index (χ1v) is 28.6. The molecule has 0 heterocycles. The SMILES string of the molecule is CCCCCCC/C=C/C=C/C=C/CCCCCCCC(=O)OC(CCCCC/C=C/C=C/CCCCCCCCC)CC(=O)NC(CO)C(O)CCCCCCCCCCCCCCC. The summed E-state index contributed by atoms with van der Waals surface area (Å²) in [6, 6.07) is -0.716. The molecular formula is C60H109NO5. The van der Waals surface area contributed by atoms with E-state index in [2.05, 4.69) is 86.8 Å². The molecule has 6 nitrogen and oxygen atoms in total. The summed E-state index contributed by atoms with van der Waals surface area (Å²) < 4.78 is 5.94. The average molecular weight is 925 g/mol. The molecule has 0 aliphatic carbocycles. The Kier molecular flexibility index (Phi) is 51.5. The van der Waals surface area contributed by atoms with Crippen molar-refractivity contribution in [2.75, 3.05) is 6.61 Å². The molecule has 3 N–H and O–H groups in total. The number of carbonyl (C=O) groups is 2. The predicted molar refractivity (Wildman–Crippen MR) is 287 cm³/mol. The summed E-state index contributed by atoms with van der Waals surface area (Å²) >= 11 is 0. The number of ether oxygens (including phenoxy) is 1. The lowest BCUT2D eigenvalue weighted by Crippen LogP contribution is -2.46. The fourth-order valence-electron chi connectivity index (χ4n) is 8.54. The van der Waals surface area contributed by atoms with Crippen molar-refractivity contribution in [3.05, 3.63) is 60.8 Å². The maximum atomic E-state index is 13.3. The van der Waals surface area contributed by atoms with E-state index in [0.29, 0.717) is 19.3 Å². The van der Waals surface area contributed by atoms with Crippen LogP contribution in [0, 0.1) is 0 Å². The van der Waals surface area contributed by atoms with Gasteiger partial charge in [-0.2, -0.15) is 0 Å². The number of nitrogens with one attached hydrogen (secondary N) is 1. The van der Waals surface area contributed by atoms with Crippen molar-refractivity contribution < 1.29 is 24.5 Å². The Labute approximate surface area is 409 Å². The summed E-state index contributed by atoms with van der Waals surface area (Å²) in [6.07, 6.45) is 67.1. The number of hydrogen-bond acceptors (Lipinski definition) is 5. The smallest absolute Gasteiger partial charge is 0.306 e. The summed E-state index contributed by atoms with van der Waals surface area (Å²) in [6.45, 7) is 6.47. The van der Waals surface area contributed by atoms with Crippen molar-refractivity contribution >= 4 is 11.9 Å². The van der Waals surface area contributed by atoms with Gasteiger partial charge in [-0.25, -0.2) is 0 Å². The highest BCUT2D eigenvalue weighted by Gasteiger charge is 2.24. The molecule has 1 amide bonds. The van der Waals surface area contributed by atoms with E-state index in [4.69, 9.17) is 4.74 Å². The molecule has 0 saturated heterocycles. The average Bonchev–Trinajstić information content (AvgIpc) is 3.31. The Morgan fingerprint density at radius 1 is 0.439 bits per heavy atom. The zero-order valence-electron chi connectivity index (χ0n) is 43.8. The van der Waals surface area contributed by atoms with Crippen LogP contribution in [0.25, 0.3) is 0 Å². The van der Waals surface area contributed by atoms with E-state index in [-0.39, 0.29) is 24.9 Å². The van der Waals surface area contributed by atoms with Crippen molar-refractivity contribution in [3.63, 3.8) is 0 Å². The number of allylic oxidation sites excluding steroid dienone is 10. The molecule has 0 aliphatic heterocycles. The number of carbonyl (C=O) groups excluding carboxylic acids is 2. The number of hydrogen-bond donors (Lipinski definition) is 3. The Bertz CT molecular complexity index is 1170. The Morgan fingerprint density at radius 3 is 1.18 bits per heavy atom. The number of esters is 1. The highest BCUT2D eigenvalue weighted by molar-refractivity contribution is 5.77. The van der Waals surface area contributed by atoms with E-state index in [1.807, 2.05) is 0 Å². The first-order valence-electron chi connectivity index (χ1n) is 28.6. The molecule has 3 unspecified atom stereocenters. The number of aliphatic hydroxyl groups excluding tert-OH is 2. The lowest BCUT2D eigenvalue weighted by atomic mass is 10.0. The molecule has 0 bridgehead atoms. The third kappa shape index (κ3) is 48.0. The molecule has 3 atom stereocenters. The minimum atomic E-state index is -0.800. The van der Waals surface area contributed by atoms with Crippen LogP contribution in [0.2, 0.25) is 0 Å². The largest absolute Gasteiger partial charge is 0.462 e. The van der Waals surface area contributed by atoms with Crippen molar-refractivity contribution in [1.29, 1.82) is 0 Å². The highest BCUT2D eigenvalue weighted by Crippen LogP contribution is 2.18. The van der Waals surface area contributed by atoms with Gasteiger partial charge in [0.25, 0.3) is 0 Å². The molecule has 0 aromatic heterocycles. The van der Waals surface area contributed by atoms with Crippen LogP contribution in [0.1, 0.15) is 284 Å². The molecule has 0 rings (SSSR count). The van der Waals surface area contributed by atoms with Crippen molar-refractivity contribution in [3.8, 4) is 0 Å². The molecule has 6 heteroatoms. The molecule has 0 aromatic rings. The van der Waals surface area contributed by atoms with E-state index >= 15 is 0 Å². The van der Waals surface area contributed by atoms with E-state index < -0.39 is 18.2 Å². The predicted octanol–water partition coefficient (Wildman–Crippen LogP) is 17.6. The summed E-state index contributed by atoms with van der Waals surface area (Å²) in [5.41, 5.74) is 0. The van der Waals surface area contributed by atoms with Gasteiger partial charge < -0.3 is 20.3 Å². The zero-order valence-corrected chi connectivity index (χ0v) is 43.8. The molecule has 66 heavy (non-hydrogen) atoms. The quantitative estimate of drug-likeness (QED) is 0.0321. The highest BCUT2D eigenvalue weighted by atomic mass is 16.5. The van der Waals surface area contributed by atoms with E-state index in [1.165, 1.54) is 148 Å². The molecule has 384 valence electrons. The van der Waals surface area contributed by atoms with E-state index in [0.717, 1.165) is 89.9 Å². The third-order valence-corrected chi connectivity index (χ3v) is 12.9. The van der Waals surface area contributed by atoms with Crippen LogP contribution in [-0.4, -0.2) is 46.9 Å². The van der Waals surface area contributed by atoms with Crippen LogP contribution < -0.4 is 5.32 Å². The molecular weight excluding hydrogens is 815 g/mol. The lowest BCUT2D eigenvalue weighted by molar-refractivity contribution is -0.151. The molecule has 0 spiro atoms. The first-order chi connectivity index (χ1) is 32.5. The minimum Gasteiger partial charge on any atom is -0.462 e.